The van der Waals surface area contributed by atoms with Crippen LogP contribution in [0.5, 0.6) is 0 Å². The molecule has 0 aromatic carbocycles. The molecule has 0 bridgehead atoms. The van der Waals surface area contributed by atoms with E-state index in [0.29, 0.717) is 6.42 Å². The smallest absolute Gasteiger partial charge is 0.364 e. The number of unbranched alkanes of at least 4 members (excludes halogenated alkanes) is 11. The van der Waals surface area contributed by atoms with Gasteiger partial charge in [0.05, 0.1) is 63.9 Å². The fourth-order valence-corrected chi connectivity index (χ4v) is 11.6. The largest absolute Gasteiger partial charge is 0.477 e. The van der Waals surface area contributed by atoms with Gasteiger partial charge in [-0.1, -0.05) is 83.3 Å². The maximum Gasteiger partial charge on any atom is 0.364 e. The molecule has 5 saturated heterocycles. The van der Waals surface area contributed by atoms with E-state index in [-0.39, 0.29) is 0 Å². The molecule has 0 aromatic rings. The number of amides is 3. The van der Waals surface area contributed by atoms with Gasteiger partial charge in [-0.15, -0.1) is 0 Å². The van der Waals surface area contributed by atoms with Crippen molar-refractivity contribution in [3.63, 3.8) is 0 Å². The third kappa shape index (κ3) is 21.0. The predicted molar refractivity (Wildman–Crippen MR) is 304 cm³/mol. The summed E-state index contributed by atoms with van der Waals surface area (Å²) in [6, 6.07) is -4.80. The average Bonchev–Trinajstić information content (AvgIpc) is 0.793. The van der Waals surface area contributed by atoms with Crippen LogP contribution in [0.15, 0.2) is 12.2 Å². The van der Waals surface area contributed by atoms with Gasteiger partial charge in [-0.25, -0.2) is 4.79 Å². The van der Waals surface area contributed by atoms with Crippen molar-refractivity contribution in [2.24, 2.45) is 0 Å². The second-order valence-corrected chi connectivity index (χ2v) is 23.7. The quantitative estimate of drug-likeness (QED) is 0.0205. The van der Waals surface area contributed by atoms with Crippen LogP contribution < -0.4 is 16.0 Å². The van der Waals surface area contributed by atoms with Crippen LogP contribution in [0.4, 0.5) is 0 Å². The topological polar surface area (TPSA) is 541 Å². The Bertz CT molecular complexity index is 2210. The summed E-state index contributed by atoms with van der Waals surface area (Å²) in [5.41, 5.74) is 0. The number of aliphatic hydroxyl groups is 16. The van der Waals surface area contributed by atoms with Crippen molar-refractivity contribution in [1.82, 2.24) is 16.0 Å². The summed E-state index contributed by atoms with van der Waals surface area (Å²) in [7, 11) is 0. The van der Waals surface area contributed by atoms with E-state index in [1.807, 2.05) is 0 Å². The first-order chi connectivity index (χ1) is 43.2. The molecule has 5 heterocycles. The van der Waals surface area contributed by atoms with Crippen LogP contribution in [0.2, 0.25) is 0 Å². The lowest BCUT2D eigenvalue weighted by atomic mass is 9.88. The number of aliphatic carboxylic acids is 1. The van der Waals surface area contributed by atoms with Crippen LogP contribution in [-0.2, 0) is 66.5 Å². The molecule has 0 saturated carbocycles. The molecular weight excluding hydrogens is 1220 g/mol. The first-order valence-electron chi connectivity index (χ1n) is 31.0. The fraction of sp³-hybridized carbons (Fsp3) is 0.895. The fourth-order valence-electron chi connectivity index (χ4n) is 11.6. The van der Waals surface area contributed by atoms with E-state index < -0.39 is 241 Å². The number of hydrogen-bond donors (Lipinski definition) is 20. The predicted octanol–water partition coefficient (Wildman–Crippen LogP) is -7.28. The van der Waals surface area contributed by atoms with Gasteiger partial charge in [-0.05, 0) is 12.8 Å². The van der Waals surface area contributed by atoms with Crippen molar-refractivity contribution in [1.29, 1.82) is 0 Å². The number of hydrogen-bond acceptors (Lipinski definition) is 30. The molecule has 0 aliphatic carbocycles. The van der Waals surface area contributed by atoms with E-state index in [1.165, 1.54) is 57.9 Å². The van der Waals surface area contributed by atoms with Crippen molar-refractivity contribution < 1.29 is 153 Å². The normalized spacial score (nSPS) is 38.6. The Morgan fingerprint density at radius 1 is 0.549 bits per heavy atom. The van der Waals surface area contributed by atoms with E-state index in [9.17, 15) is 106 Å². The van der Waals surface area contributed by atoms with Crippen molar-refractivity contribution in [3.8, 4) is 0 Å². The third-order valence-electron chi connectivity index (χ3n) is 16.6. The van der Waals surface area contributed by atoms with Crippen LogP contribution in [-0.4, -0.2) is 321 Å². The molecule has 0 unspecified atom stereocenters. The number of ether oxygens (including phenoxy) is 10. The number of allylic oxidation sites excluding steroid dienone is 1. The second kappa shape index (κ2) is 37.8. The summed E-state index contributed by atoms with van der Waals surface area (Å²) in [5, 5.41) is 194. The van der Waals surface area contributed by atoms with Gasteiger partial charge in [0.1, 0.15) is 116 Å². The summed E-state index contributed by atoms with van der Waals surface area (Å²) in [4.78, 5) is 51.3. The van der Waals surface area contributed by atoms with Gasteiger partial charge in [0, 0.05) is 27.2 Å². The molecule has 0 radical (unpaired) electrons. The third-order valence-corrected chi connectivity index (χ3v) is 16.6. The number of aliphatic hydroxyl groups excluding tert-OH is 16. The molecule has 5 fully saturated rings. The Hall–Kier alpha value is -3.42. The summed E-state index contributed by atoms with van der Waals surface area (Å²) in [6.45, 7) is -0.770. The van der Waals surface area contributed by atoms with Crippen molar-refractivity contribution in [2.75, 3.05) is 39.6 Å². The van der Waals surface area contributed by atoms with Crippen LogP contribution >= 0.6 is 0 Å². The second-order valence-electron chi connectivity index (χ2n) is 23.7. The monoisotopic (exact) mass is 1320 g/mol. The Morgan fingerprint density at radius 2 is 1.04 bits per heavy atom. The molecule has 91 heavy (non-hydrogen) atoms. The summed E-state index contributed by atoms with van der Waals surface area (Å²) in [6.07, 6.45) is -34.0. The molecule has 28 atom stereocenters. The minimum absolute atomic E-state index is 0.540. The van der Waals surface area contributed by atoms with E-state index >= 15 is 0 Å². The Balaban J connectivity index is 1.44. The Kier molecular flexibility index (Phi) is 32.5. The zero-order valence-corrected chi connectivity index (χ0v) is 51.5. The minimum atomic E-state index is -3.37. The molecule has 0 spiro atoms. The highest BCUT2D eigenvalue weighted by atomic mass is 16.8. The standard InChI is InChI=1S/C57H99N3O31/c1-5-6-7-8-9-10-11-12-13-14-15-16-17-18-30(69)29(58-26(2)66)25-82-53-45(78)43(76)47(35(23-64)85-53)87-55-46(79)51(91-57(56(80)81)19-31(70)37(59-27(3)67)50(90-57)39(72)32(71)20-61)48(36(24-65)86-55)88-52-38(60-28(4)68)49(41(74)34(22-63)83-52)89-54-44(77)42(75)40(73)33(21-62)84-54/h17-18,29-55,61-65,69-79H,5-16,19-25H2,1-4H3,(H,58,66)(H,59,67)(H,60,68)(H,80,81)/b18-17+/t29-,30+,31-,32+,33+,34+,35+,36+,37+,38+,39+,40-,41-,42-,43+,44+,45+,46+,47+,48-,49+,50+,51+,52-,53+,54-,55-,57-/m0/s1. The lowest BCUT2D eigenvalue weighted by Gasteiger charge is -2.52. The molecular formula is C57H99N3O31. The number of rotatable bonds is 36. The van der Waals surface area contributed by atoms with Gasteiger partial charge in [0.2, 0.25) is 17.7 Å². The van der Waals surface area contributed by atoms with Crippen LogP contribution in [0, 0.1) is 0 Å². The SMILES string of the molecule is CCCCCCCCCCCCC/C=C/[C@@H](O)[C@H](CO[C@@H]1O[C@H](CO)[C@@H](O[C@@H]2O[C@H](CO)[C@H](O[C@@H]3O[C@H](CO)[C@H](O)[C@H](O[C@@H]4O[C@H](CO)[C@H](O)[C@H](O)[C@H]4O)[C@H]3NC(C)=O)[C@H](O[C@]3(C(=O)O)C[C@H](O)[C@@H](NC(C)=O)[C@H]([C@H](O)[C@H](O)CO)O3)[C@H]2O)[C@H](O)[C@H]1O)NC(C)=O. The molecule has 5 aliphatic rings. The molecule has 528 valence electrons. The van der Waals surface area contributed by atoms with Gasteiger partial charge >= 0.3 is 5.97 Å². The first-order valence-corrected chi connectivity index (χ1v) is 31.0. The zero-order valence-electron chi connectivity index (χ0n) is 51.5. The van der Waals surface area contributed by atoms with Crippen molar-refractivity contribution >= 4 is 23.7 Å². The maximum atomic E-state index is 13.7. The molecule has 5 aliphatic heterocycles. The highest BCUT2D eigenvalue weighted by Gasteiger charge is 2.62. The van der Waals surface area contributed by atoms with Gasteiger partial charge in [0.15, 0.2) is 25.2 Å². The van der Waals surface area contributed by atoms with Gasteiger partial charge in [-0.3, -0.25) is 14.4 Å². The Labute approximate surface area is 525 Å². The number of nitrogens with one attached hydrogen (secondary N) is 3. The van der Waals surface area contributed by atoms with E-state index in [1.54, 1.807) is 6.08 Å². The van der Waals surface area contributed by atoms with Crippen LogP contribution in [0.1, 0.15) is 111 Å². The zero-order chi connectivity index (χ0) is 67.4. The van der Waals surface area contributed by atoms with Crippen molar-refractivity contribution in [2.45, 2.75) is 282 Å². The van der Waals surface area contributed by atoms with Gasteiger partial charge in [0.25, 0.3) is 5.79 Å². The molecule has 20 N–H and O–H groups in total. The highest BCUT2D eigenvalue weighted by Crippen LogP contribution is 2.41. The maximum absolute atomic E-state index is 13.7. The van der Waals surface area contributed by atoms with Crippen LogP contribution in [0.3, 0.4) is 0 Å². The number of carboxylic acids is 1. The molecule has 34 nitrogen and oxygen atoms in total. The van der Waals surface area contributed by atoms with Crippen LogP contribution in [0.25, 0.3) is 0 Å². The molecule has 3 amide bonds. The average molecular weight is 1320 g/mol. The number of carboxylic acid groups (broad SMARTS) is 1. The summed E-state index contributed by atoms with van der Waals surface area (Å²) >= 11 is 0. The van der Waals surface area contributed by atoms with E-state index in [2.05, 4.69) is 22.9 Å². The first kappa shape index (κ1) is 78.3. The van der Waals surface area contributed by atoms with Gasteiger partial charge < -0.3 is 150 Å². The molecule has 5 rings (SSSR count). The summed E-state index contributed by atoms with van der Waals surface area (Å²) < 4.78 is 59.2. The number of carbonyl (C=O) groups excluding carboxylic acids is 3. The highest BCUT2D eigenvalue weighted by molar-refractivity contribution is 5.77. The van der Waals surface area contributed by atoms with E-state index in [4.69, 9.17) is 47.4 Å². The van der Waals surface area contributed by atoms with Gasteiger partial charge in [-0.2, -0.15) is 0 Å². The van der Waals surface area contributed by atoms with E-state index in [0.717, 1.165) is 39.5 Å². The Morgan fingerprint density at radius 3 is 1.60 bits per heavy atom. The molecule has 0 aromatic heterocycles. The minimum Gasteiger partial charge on any atom is -0.477 e. The summed E-state index contributed by atoms with van der Waals surface area (Å²) in [5.74, 6) is -7.90. The molecule has 34 heteroatoms. The lowest BCUT2D eigenvalue weighted by molar-refractivity contribution is -0.403. The lowest BCUT2D eigenvalue weighted by Crippen LogP contribution is -2.72. The number of carbonyl (C=O) groups is 4. The van der Waals surface area contributed by atoms with Crippen molar-refractivity contribution in [3.05, 3.63) is 12.2 Å².